The molecule has 3 rings (SSSR count). The first-order valence-corrected chi connectivity index (χ1v) is 10.8. The highest BCUT2D eigenvalue weighted by molar-refractivity contribution is 7.09. The lowest BCUT2D eigenvalue weighted by Crippen LogP contribution is -2.38. The maximum absolute atomic E-state index is 10.4. The number of likely N-dealkylation sites (tertiary alicyclic amines) is 1. The first-order valence-electron chi connectivity index (χ1n) is 9.91. The Balaban J connectivity index is 1.54. The van der Waals surface area contributed by atoms with E-state index in [2.05, 4.69) is 21.8 Å². The molecule has 1 aliphatic rings. The highest BCUT2D eigenvalue weighted by atomic mass is 32.1. The second-order valence-electron chi connectivity index (χ2n) is 7.41. The highest BCUT2D eigenvalue weighted by Crippen LogP contribution is 2.29. The number of methoxy groups -OCH3 is 1. The summed E-state index contributed by atoms with van der Waals surface area (Å²) in [5.41, 5.74) is 1.14. The molecule has 0 amide bonds. The Morgan fingerprint density at radius 2 is 2.04 bits per heavy atom. The summed E-state index contributed by atoms with van der Waals surface area (Å²) in [7, 11) is 3.72. The molecule has 1 aromatic heterocycles. The van der Waals surface area contributed by atoms with E-state index in [0.29, 0.717) is 18.0 Å². The van der Waals surface area contributed by atoms with Gasteiger partial charge in [0.1, 0.15) is 17.7 Å². The van der Waals surface area contributed by atoms with Crippen LogP contribution in [0.25, 0.3) is 0 Å². The Labute approximate surface area is 171 Å². The summed E-state index contributed by atoms with van der Waals surface area (Å²) in [6.07, 6.45) is 5.07. The van der Waals surface area contributed by atoms with Gasteiger partial charge in [-0.15, -0.1) is 11.3 Å². The molecule has 1 fully saturated rings. The molecular weight excluding hydrogens is 374 g/mol. The third-order valence-electron chi connectivity index (χ3n) is 4.92. The van der Waals surface area contributed by atoms with Gasteiger partial charge in [-0.3, -0.25) is 4.90 Å². The molecule has 1 saturated heterocycles. The van der Waals surface area contributed by atoms with Crippen LogP contribution in [0.1, 0.15) is 29.8 Å². The fraction of sp³-hybridized carbons (Fsp3) is 0.571. The number of thiazole rings is 1. The number of aliphatic hydroxyl groups excluding tert-OH is 1. The quantitative estimate of drug-likeness (QED) is 0.656. The lowest BCUT2D eigenvalue weighted by Gasteiger charge is -2.28. The molecule has 0 saturated carbocycles. The fourth-order valence-electron chi connectivity index (χ4n) is 3.54. The zero-order valence-corrected chi connectivity index (χ0v) is 17.7. The number of piperidine rings is 1. The Morgan fingerprint density at radius 3 is 2.75 bits per heavy atom. The number of benzene rings is 1. The molecule has 2 aromatic rings. The van der Waals surface area contributed by atoms with Crippen molar-refractivity contribution < 1.29 is 14.6 Å². The number of hydrogen-bond donors (Lipinski definition) is 1. The number of nitrogens with zero attached hydrogens (tertiary/aromatic N) is 3. The summed E-state index contributed by atoms with van der Waals surface area (Å²) in [4.78, 5) is 8.88. The number of aliphatic hydroxyl groups is 1. The van der Waals surface area contributed by atoms with E-state index in [-0.39, 0.29) is 6.61 Å². The highest BCUT2D eigenvalue weighted by Gasteiger charge is 2.16. The first kappa shape index (κ1) is 21.0. The monoisotopic (exact) mass is 405 g/mol. The van der Waals surface area contributed by atoms with Gasteiger partial charge in [0.25, 0.3) is 0 Å². The van der Waals surface area contributed by atoms with Crippen LogP contribution in [0.4, 0.5) is 0 Å². The van der Waals surface area contributed by atoms with E-state index in [4.69, 9.17) is 9.47 Å². The topological polar surface area (TPSA) is 58.1 Å². The zero-order chi connectivity index (χ0) is 19.8. The van der Waals surface area contributed by atoms with Gasteiger partial charge in [0.05, 0.1) is 13.7 Å². The van der Waals surface area contributed by atoms with Crippen LogP contribution in [0.2, 0.25) is 0 Å². The number of ether oxygens (including phenoxy) is 2. The van der Waals surface area contributed by atoms with Crippen molar-refractivity contribution in [1.82, 2.24) is 14.8 Å². The van der Waals surface area contributed by atoms with E-state index < -0.39 is 6.10 Å². The molecule has 6 nitrogen and oxygen atoms in total. The fourth-order valence-corrected chi connectivity index (χ4v) is 4.24. The Kier molecular flexibility index (Phi) is 8.09. The molecule has 0 radical (unpaired) electrons. The molecule has 0 bridgehead atoms. The van der Waals surface area contributed by atoms with Gasteiger partial charge in [-0.2, -0.15) is 0 Å². The molecule has 0 unspecified atom stereocenters. The minimum atomic E-state index is -0.501. The average Bonchev–Trinajstić information content (AvgIpc) is 3.20. The molecule has 1 N–H and O–H groups in total. The van der Waals surface area contributed by atoms with Crippen LogP contribution >= 0.6 is 11.3 Å². The maximum atomic E-state index is 10.4. The van der Waals surface area contributed by atoms with Gasteiger partial charge in [-0.05, 0) is 50.7 Å². The molecule has 2 heterocycles. The number of aromatic nitrogens is 1. The predicted molar refractivity (Wildman–Crippen MR) is 112 cm³/mol. The van der Waals surface area contributed by atoms with E-state index >= 15 is 0 Å². The maximum Gasteiger partial charge on any atom is 0.161 e. The lowest BCUT2D eigenvalue weighted by molar-refractivity contribution is 0.0608. The van der Waals surface area contributed by atoms with Crippen molar-refractivity contribution in [3.63, 3.8) is 0 Å². The average molecular weight is 406 g/mol. The van der Waals surface area contributed by atoms with Gasteiger partial charge < -0.3 is 19.5 Å². The van der Waals surface area contributed by atoms with E-state index in [1.165, 1.54) is 19.3 Å². The molecule has 28 heavy (non-hydrogen) atoms. The summed E-state index contributed by atoms with van der Waals surface area (Å²) in [6, 6.07) is 5.98. The summed E-state index contributed by atoms with van der Waals surface area (Å²) >= 11 is 1.67. The summed E-state index contributed by atoms with van der Waals surface area (Å²) in [5, 5.41) is 13.5. The van der Waals surface area contributed by atoms with E-state index in [9.17, 15) is 5.11 Å². The van der Waals surface area contributed by atoms with Gasteiger partial charge in [-0.1, -0.05) is 12.5 Å². The Morgan fingerprint density at radius 1 is 1.21 bits per heavy atom. The van der Waals surface area contributed by atoms with Crippen molar-refractivity contribution >= 4 is 11.3 Å². The second-order valence-corrected chi connectivity index (χ2v) is 8.39. The lowest BCUT2D eigenvalue weighted by atomic mass is 10.1. The van der Waals surface area contributed by atoms with Gasteiger partial charge in [0, 0.05) is 24.7 Å². The number of rotatable bonds is 10. The molecule has 1 aromatic carbocycles. The summed E-state index contributed by atoms with van der Waals surface area (Å²) < 4.78 is 11.4. The van der Waals surface area contributed by atoms with Crippen LogP contribution in [0.15, 0.2) is 29.8 Å². The van der Waals surface area contributed by atoms with E-state index in [1.54, 1.807) is 18.4 Å². The third-order valence-corrected chi connectivity index (χ3v) is 5.68. The van der Waals surface area contributed by atoms with E-state index in [0.717, 1.165) is 36.8 Å². The van der Waals surface area contributed by atoms with Crippen LogP contribution in [0.3, 0.4) is 0 Å². The first-order chi connectivity index (χ1) is 13.6. The van der Waals surface area contributed by atoms with Crippen LogP contribution < -0.4 is 9.47 Å². The molecule has 7 heteroatoms. The van der Waals surface area contributed by atoms with Crippen molar-refractivity contribution in [2.75, 3.05) is 40.4 Å². The van der Waals surface area contributed by atoms with E-state index in [1.807, 2.05) is 29.8 Å². The zero-order valence-electron chi connectivity index (χ0n) is 16.8. The second kappa shape index (κ2) is 10.8. The van der Waals surface area contributed by atoms with Gasteiger partial charge in [0.15, 0.2) is 11.5 Å². The van der Waals surface area contributed by atoms with Crippen LogP contribution in [-0.4, -0.2) is 66.4 Å². The molecule has 1 atom stereocenters. The Hall–Kier alpha value is -1.67. The largest absolute Gasteiger partial charge is 0.493 e. The standard InChI is InChI=1S/C21H31N3O3S/c1-23(15-21-22-8-11-28-21)13-17-6-7-19(26-2)20(12-17)27-16-18(25)14-24-9-4-3-5-10-24/h6-8,11-12,18,25H,3-5,9-10,13-16H2,1-2H3/t18-/m1/s1. The molecular formula is C21H31N3O3S. The Bertz CT molecular complexity index is 705. The van der Waals surface area contributed by atoms with Crippen LogP contribution in [-0.2, 0) is 13.1 Å². The van der Waals surface area contributed by atoms with Gasteiger partial charge in [-0.25, -0.2) is 4.98 Å². The predicted octanol–water partition coefficient (Wildman–Crippen LogP) is 3.01. The van der Waals surface area contributed by atoms with Crippen molar-refractivity contribution in [2.45, 2.75) is 38.5 Å². The van der Waals surface area contributed by atoms with Gasteiger partial charge >= 0.3 is 0 Å². The van der Waals surface area contributed by atoms with Crippen molar-refractivity contribution in [1.29, 1.82) is 0 Å². The smallest absolute Gasteiger partial charge is 0.161 e. The number of hydrogen-bond acceptors (Lipinski definition) is 7. The summed E-state index contributed by atoms with van der Waals surface area (Å²) in [6.45, 7) is 4.68. The molecule has 0 aliphatic carbocycles. The van der Waals surface area contributed by atoms with Crippen LogP contribution in [0.5, 0.6) is 11.5 Å². The number of β-amino-alcohol motifs (C(OH)–C–C–N with tert-alkyl or cyclic N) is 1. The normalized spacial score (nSPS) is 16.3. The van der Waals surface area contributed by atoms with Crippen molar-refractivity contribution in [2.24, 2.45) is 0 Å². The van der Waals surface area contributed by atoms with Gasteiger partial charge in [0.2, 0.25) is 0 Å². The molecule has 1 aliphatic heterocycles. The SMILES string of the molecule is COc1ccc(CN(C)Cc2nccs2)cc1OC[C@H](O)CN1CCCCC1. The minimum absolute atomic E-state index is 0.269. The van der Waals surface area contributed by atoms with Crippen LogP contribution in [0, 0.1) is 0 Å². The summed E-state index contributed by atoms with van der Waals surface area (Å²) in [5.74, 6) is 1.37. The molecule has 154 valence electrons. The third kappa shape index (κ3) is 6.44. The van der Waals surface area contributed by atoms with Crippen molar-refractivity contribution in [3.8, 4) is 11.5 Å². The molecule has 0 spiro atoms. The minimum Gasteiger partial charge on any atom is -0.493 e. The van der Waals surface area contributed by atoms with Crippen molar-refractivity contribution in [3.05, 3.63) is 40.3 Å².